The van der Waals surface area contributed by atoms with Crippen LogP contribution in [0.4, 0.5) is 5.69 Å². The number of nitrogens with one attached hydrogen (secondary N) is 1. The average Bonchev–Trinajstić information content (AvgIpc) is 3.16. The van der Waals surface area contributed by atoms with Crippen molar-refractivity contribution >= 4 is 29.3 Å². The summed E-state index contributed by atoms with van der Waals surface area (Å²) < 4.78 is 13.0. The van der Waals surface area contributed by atoms with Crippen LogP contribution in [0.3, 0.4) is 0 Å². The first kappa shape index (κ1) is 21.5. The van der Waals surface area contributed by atoms with Gasteiger partial charge in [0.2, 0.25) is 5.91 Å². The van der Waals surface area contributed by atoms with Crippen LogP contribution in [0.5, 0.6) is 11.5 Å². The summed E-state index contributed by atoms with van der Waals surface area (Å²) in [5.41, 5.74) is 2.41. The molecule has 0 bridgehead atoms. The van der Waals surface area contributed by atoms with Crippen molar-refractivity contribution in [3.8, 4) is 11.5 Å². The van der Waals surface area contributed by atoms with Crippen LogP contribution in [0, 0.1) is 0 Å². The van der Waals surface area contributed by atoms with E-state index in [0.717, 1.165) is 16.9 Å². The van der Waals surface area contributed by atoms with E-state index < -0.39 is 0 Å². The van der Waals surface area contributed by atoms with Gasteiger partial charge in [0, 0.05) is 17.3 Å². The van der Waals surface area contributed by atoms with Gasteiger partial charge in [-0.1, -0.05) is 35.9 Å². The number of anilines is 1. The molecule has 0 saturated carbocycles. The molecule has 2 aromatic carbocycles. The first-order chi connectivity index (χ1) is 14.6. The van der Waals surface area contributed by atoms with E-state index in [4.69, 9.17) is 21.1 Å². The summed E-state index contributed by atoms with van der Waals surface area (Å²) in [6.45, 7) is 5.55. The molecule has 1 amide bonds. The van der Waals surface area contributed by atoms with Gasteiger partial charge in [-0.3, -0.25) is 9.48 Å². The van der Waals surface area contributed by atoms with Gasteiger partial charge in [-0.05, 0) is 49.2 Å². The minimum absolute atomic E-state index is 0.255. The zero-order chi connectivity index (χ0) is 21.3. The monoisotopic (exact) mass is 425 g/mol. The molecule has 0 unspecified atom stereocenters. The lowest BCUT2D eigenvalue weighted by atomic mass is 10.2. The molecule has 0 spiro atoms. The number of aromatic nitrogens is 2. The fourth-order valence-corrected chi connectivity index (χ4v) is 3.05. The molecule has 0 radical (unpaired) electrons. The summed E-state index contributed by atoms with van der Waals surface area (Å²) in [5.74, 6) is 1.18. The topological polar surface area (TPSA) is 65.4 Å². The van der Waals surface area contributed by atoms with E-state index >= 15 is 0 Å². The van der Waals surface area contributed by atoms with E-state index in [1.807, 2.05) is 50.2 Å². The van der Waals surface area contributed by atoms with E-state index in [-0.39, 0.29) is 5.91 Å². The standard InChI is InChI=1S/C23H24ClN3O3/c1-3-29-21-11-9-17(13-22(21)30-4-2)15-27-16-19(14-25-27)26-23(28)12-10-18-7-5-6-8-20(18)24/h5-14,16H,3-4,15H2,1-2H3,(H,26,28)/b12-10+. The molecule has 0 aliphatic rings. The Morgan fingerprint density at radius 1 is 1.13 bits per heavy atom. The van der Waals surface area contributed by atoms with Crippen LogP contribution in [-0.4, -0.2) is 28.9 Å². The number of hydrogen-bond donors (Lipinski definition) is 1. The Labute approximate surface area is 181 Å². The Hall–Kier alpha value is -3.25. The Bertz CT molecular complexity index is 1030. The van der Waals surface area contributed by atoms with Crippen molar-refractivity contribution in [2.24, 2.45) is 0 Å². The Kier molecular flexibility index (Phi) is 7.51. The zero-order valence-corrected chi connectivity index (χ0v) is 17.7. The summed E-state index contributed by atoms with van der Waals surface area (Å²) in [6, 6.07) is 13.1. The Morgan fingerprint density at radius 3 is 2.67 bits per heavy atom. The number of nitrogens with zero attached hydrogens (tertiary/aromatic N) is 2. The van der Waals surface area contributed by atoms with Gasteiger partial charge >= 0.3 is 0 Å². The quantitative estimate of drug-likeness (QED) is 0.488. The third kappa shape index (κ3) is 5.87. The van der Waals surface area contributed by atoms with E-state index in [2.05, 4.69) is 10.4 Å². The van der Waals surface area contributed by atoms with Crippen LogP contribution in [0.15, 0.2) is 60.9 Å². The van der Waals surface area contributed by atoms with Gasteiger partial charge in [-0.15, -0.1) is 0 Å². The van der Waals surface area contributed by atoms with Crippen LogP contribution >= 0.6 is 11.6 Å². The highest BCUT2D eigenvalue weighted by Crippen LogP contribution is 2.29. The van der Waals surface area contributed by atoms with Crippen molar-refractivity contribution in [2.45, 2.75) is 20.4 Å². The van der Waals surface area contributed by atoms with Gasteiger partial charge in [0.15, 0.2) is 11.5 Å². The number of rotatable bonds is 9. The Morgan fingerprint density at radius 2 is 1.90 bits per heavy atom. The van der Waals surface area contributed by atoms with Gasteiger partial charge in [-0.2, -0.15) is 5.10 Å². The first-order valence-electron chi connectivity index (χ1n) is 9.73. The van der Waals surface area contributed by atoms with Crippen LogP contribution in [0.2, 0.25) is 5.02 Å². The molecule has 0 saturated heterocycles. The fourth-order valence-electron chi connectivity index (χ4n) is 2.86. The summed E-state index contributed by atoms with van der Waals surface area (Å²) >= 11 is 6.09. The second-order valence-electron chi connectivity index (χ2n) is 6.42. The van der Waals surface area contributed by atoms with E-state index in [1.54, 1.807) is 29.2 Å². The van der Waals surface area contributed by atoms with Crippen molar-refractivity contribution in [1.29, 1.82) is 0 Å². The second kappa shape index (κ2) is 10.5. The van der Waals surface area contributed by atoms with Gasteiger partial charge in [0.05, 0.1) is 31.6 Å². The maximum Gasteiger partial charge on any atom is 0.248 e. The van der Waals surface area contributed by atoms with E-state index in [9.17, 15) is 4.79 Å². The summed E-state index contributed by atoms with van der Waals surface area (Å²) in [4.78, 5) is 12.2. The molecule has 3 rings (SSSR count). The second-order valence-corrected chi connectivity index (χ2v) is 6.83. The van der Waals surface area contributed by atoms with Gasteiger partial charge < -0.3 is 14.8 Å². The molecule has 1 aromatic heterocycles. The molecular formula is C23H24ClN3O3. The van der Waals surface area contributed by atoms with Crippen LogP contribution < -0.4 is 14.8 Å². The average molecular weight is 426 g/mol. The fraction of sp³-hybridized carbons (Fsp3) is 0.217. The number of ether oxygens (including phenoxy) is 2. The first-order valence-corrected chi connectivity index (χ1v) is 10.1. The molecule has 6 nitrogen and oxygen atoms in total. The highest BCUT2D eigenvalue weighted by molar-refractivity contribution is 6.32. The van der Waals surface area contributed by atoms with E-state index in [0.29, 0.717) is 36.2 Å². The summed E-state index contributed by atoms with van der Waals surface area (Å²) in [7, 11) is 0. The van der Waals surface area contributed by atoms with Crippen LogP contribution in [0.25, 0.3) is 6.08 Å². The van der Waals surface area contributed by atoms with Crippen molar-refractivity contribution in [1.82, 2.24) is 9.78 Å². The third-order valence-electron chi connectivity index (χ3n) is 4.17. The smallest absolute Gasteiger partial charge is 0.248 e. The zero-order valence-electron chi connectivity index (χ0n) is 17.0. The van der Waals surface area contributed by atoms with Gasteiger partial charge in [-0.25, -0.2) is 0 Å². The molecule has 7 heteroatoms. The van der Waals surface area contributed by atoms with Crippen LogP contribution in [0.1, 0.15) is 25.0 Å². The molecule has 0 atom stereocenters. The molecular weight excluding hydrogens is 402 g/mol. The van der Waals surface area contributed by atoms with E-state index in [1.165, 1.54) is 6.08 Å². The molecule has 0 aliphatic carbocycles. The van der Waals surface area contributed by atoms with Crippen LogP contribution in [-0.2, 0) is 11.3 Å². The predicted octanol–water partition coefficient (Wildman–Crippen LogP) is 5.03. The Balaban J connectivity index is 1.63. The maximum absolute atomic E-state index is 12.2. The van der Waals surface area contributed by atoms with Gasteiger partial charge in [0.25, 0.3) is 0 Å². The minimum Gasteiger partial charge on any atom is -0.490 e. The molecule has 0 fully saturated rings. The van der Waals surface area contributed by atoms with Crippen molar-refractivity contribution in [3.63, 3.8) is 0 Å². The maximum atomic E-state index is 12.2. The number of carbonyl (C=O) groups is 1. The lowest BCUT2D eigenvalue weighted by Crippen LogP contribution is -2.07. The number of carbonyl (C=O) groups excluding carboxylic acids is 1. The minimum atomic E-state index is -0.255. The number of amides is 1. The number of halogens is 1. The summed E-state index contributed by atoms with van der Waals surface area (Å²) in [6.07, 6.45) is 6.51. The predicted molar refractivity (Wildman–Crippen MR) is 119 cm³/mol. The molecule has 30 heavy (non-hydrogen) atoms. The van der Waals surface area contributed by atoms with Crippen molar-refractivity contribution in [2.75, 3.05) is 18.5 Å². The molecule has 3 aromatic rings. The lowest BCUT2D eigenvalue weighted by molar-refractivity contribution is -0.111. The van der Waals surface area contributed by atoms with Crippen molar-refractivity contribution < 1.29 is 14.3 Å². The number of benzene rings is 2. The highest BCUT2D eigenvalue weighted by atomic mass is 35.5. The lowest BCUT2D eigenvalue weighted by Gasteiger charge is -2.12. The largest absolute Gasteiger partial charge is 0.490 e. The molecule has 1 N–H and O–H groups in total. The molecule has 0 aliphatic heterocycles. The molecule has 1 heterocycles. The van der Waals surface area contributed by atoms with Crippen molar-refractivity contribution in [3.05, 3.63) is 77.1 Å². The normalized spacial score (nSPS) is 10.9. The van der Waals surface area contributed by atoms with Gasteiger partial charge in [0.1, 0.15) is 0 Å². The highest BCUT2D eigenvalue weighted by Gasteiger charge is 2.08. The number of hydrogen-bond acceptors (Lipinski definition) is 4. The summed E-state index contributed by atoms with van der Waals surface area (Å²) in [5, 5.41) is 7.71. The molecule has 156 valence electrons. The third-order valence-corrected chi connectivity index (χ3v) is 4.52. The SMILES string of the molecule is CCOc1ccc(Cn2cc(NC(=O)/C=C/c3ccccc3Cl)cn2)cc1OCC.